The summed E-state index contributed by atoms with van der Waals surface area (Å²) in [6.07, 6.45) is 0. The molecule has 6 heteroatoms. The first kappa shape index (κ1) is 16.3. The Kier molecular flexibility index (Phi) is 4.42. The Morgan fingerprint density at radius 1 is 0.955 bits per heavy atom. The van der Waals surface area contributed by atoms with E-state index in [1.165, 1.54) is 12.1 Å². The van der Waals surface area contributed by atoms with Gasteiger partial charge in [-0.25, -0.2) is 12.8 Å². The van der Waals surface area contributed by atoms with Gasteiger partial charge in [-0.15, -0.1) is 0 Å². The minimum Gasteiger partial charge on any atom is -0.488 e. The molecule has 118 valence electrons. The van der Waals surface area contributed by atoms with Crippen LogP contribution in [0.1, 0.15) is 20.8 Å². The van der Waals surface area contributed by atoms with E-state index in [-0.39, 0.29) is 10.5 Å². The van der Waals surface area contributed by atoms with Gasteiger partial charge < -0.3 is 4.74 Å². The molecule has 2 aromatic carbocycles. The fourth-order valence-electron chi connectivity index (χ4n) is 1.77. The molecule has 0 aliphatic heterocycles. The second-order valence-electron chi connectivity index (χ2n) is 5.80. The minimum atomic E-state index is -3.74. The number of rotatable bonds is 4. The smallest absolute Gasteiger partial charge is 0.261 e. The molecular weight excluding hydrogens is 305 g/mol. The molecule has 0 spiro atoms. The van der Waals surface area contributed by atoms with Crippen molar-refractivity contribution in [2.75, 3.05) is 4.72 Å². The van der Waals surface area contributed by atoms with E-state index in [1.807, 2.05) is 20.8 Å². The van der Waals surface area contributed by atoms with Crippen molar-refractivity contribution in [2.24, 2.45) is 0 Å². The Morgan fingerprint density at radius 3 is 2.00 bits per heavy atom. The van der Waals surface area contributed by atoms with E-state index in [9.17, 15) is 12.8 Å². The van der Waals surface area contributed by atoms with Gasteiger partial charge >= 0.3 is 0 Å². The van der Waals surface area contributed by atoms with Gasteiger partial charge in [0.1, 0.15) is 17.2 Å². The largest absolute Gasteiger partial charge is 0.488 e. The number of benzene rings is 2. The Hall–Kier alpha value is -2.08. The highest BCUT2D eigenvalue weighted by atomic mass is 32.2. The van der Waals surface area contributed by atoms with Crippen molar-refractivity contribution in [1.29, 1.82) is 0 Å². The van der Waals surface area contributed by atoms with Crippen LogP contribution in [0.5, 0.6) is 5.75 Å². The third-order valence-electron chi connectivity index (χ3n) is 2.65. The van der Waals surface area contributed by atoms with Crippen molar-refractivity contribution in [3.8, 4) is 5.75 Å². The number of anilines is 1. The number of ether oxygens (including phenoxy) is 1. The van der Waals surface area contributed by atoms with E-state index in [0.717, 1.165) is 12.1 Å². The average molecular weight is 323 g/mol. The zero-order valence-electron chi connectivity index (χ0n) is 12.6. The number of hydrogen-bond donors (Lipinski definition) is 1. The van der Waals surface area contributed by atoms with Crippen molar-refractivity contribution in [2.45, 2.75) is 31.3 Å². The minimum absolute atomic E-state index is 0.00363. The van der Waals surface area contributed by atoms with Gasteiger partial charge in [-0.05, 0) is 69.3 Å². The summed E-state index contributed by atoms with van der Waals surface area (Å²) in [4.78, 5) is 0.00363. The zero-order chi connectivity index (χ0) is 16.4. The van der Waals surface area contributed by atoms with Gasteiger partial charge in [-0.1, -0.05) is 0 Å². The number of sulfonamides is 1. The molecule has 0 aromatic heterocycles. The average Bonchev–Trinajstić information content (AvgIpc) is 2.39. The summed E-state index contributed by atoms with van der Waals surface area (Å²) < 4.78 is 45.3. The first-order valence-electron chi connectivity index (χ1n) is 6.73. The molecule has 0 radical (unpaired) electrons. The van der Waals surface area contributed by atoms with Gasteiger partial charge in [-0.2, -0.15) is 0 Å². The molecular formula is C16H18FNO3S. The Morgan fingerprint density at radius 2 is 1.50 bits per heavy atom. The Labute approximate surface area is 130 Å². The van der Waals surface area contributed by atoms with Gasteiger partial charge in [0.05, 0.1) is 4.90 Å². The maximum atomic E-state index is 12.9. The first-order chi connectivity index (χ1) is 10.2. The molecule has 0 unspecified atom stereocenters. The van der Waals surface area contributed by atoms with Crippen LogP contribution in [0.2, 0.25) is 0 Å². The molecule has 22 heavy (non-hydrogen) atoms. The van der Waals surface area contributed by atoms with E-state index in [2.05, 4.69) is 4.72 Å². The Balaban J connectivity index is 2.14. The number of halogens is 1. The van der Waals surface area contributed by atoms with Crippen LogP contribution in [-0.2, 0) is 10.0 Å². The highest BCUT2D eigenvalue weighted by Gasteiger charge is 2.15. The third kappa shape index (κ3) is 4.46. The van der Waals surface area contributed by atoms with Crippen molar-refractivity contribution < 1.29 is 17.5 Å². The second-order valence-corrected chi connectivity index (χ2v) is 7.48. The number of hydrogen-bond acceptors (Lipinski definition) is 3. The maximum absolute atomic E-state index is 12.9. The lowest BCUT2D eigenvalue weighted by molar-refractivity contribution is 0.131. The highest BCUT2D eigenvalue weighted by Crippen LogP contribution is 2.22. The molecule has 0 saturated heterocycles. The molecule has 0 heterocycles. The summed E-state index contributed by atoms with van der Waals surface area (Å²) >= 11 is 0. The van der Waals surface area contributed by atoms with E-state index in [0.29, 0.717) is 11.4 Å². The molecule has 2 rings (SSSR count). The van der Waals surface area contributed by atoms with Gasteiger partial charge in [0.2, 0.25) is 0 Å². The molecule has 0 aliphatic carbocycles. The molecule has 0 amide bonds. The zero-order valence-corrected chi connectivity index (χ0v) is 13.4. The molecule has 0 aliphatic rings. The molecule has 1 N–H and O–H groups in total. The van der Waals surface area contributed by atoms with E-state index in [1.54, 1.807) is 24.3 Å². The topological polar surface area (TPSA) is 55.4 Å². The van der Waals surface area contributed by atoms with Crippen LogP contribution in [0, 0.1) is 5.82 Å². The summed E-state index contributed by atoms with van der Waals surface area (Å²) in [5.74, 6) is 0.167. The lowest BCUT2D eigenvalue weighted by atomic mass is 10.2. The fraction of sp³-hybridized carbons (Fsp3) is 0.250. The van der Waals surface area contributed by atoms with Gasteiger partial charge in [0.25, 0.3) is 10.0 Å². The molecule has 0 saturated carbocycles. The maximum Gasteiger partial charge on any atom is 0.261 e. The SMILES string of the molecule is CC(C)(C)Oc1ccc(NS(=O)(=O)c2ccc(F)cc2)cc1. The summed E-state index contributed by atoms with van der Waals surface area (Å²) in [6, 6.07) is 11.2. The fourth-order valence-corrected chi connectivity index (χ4v) is 2.83. The molecule has 4 nitrogen and oxygen atoms in total. The first-order valence-corrected chi connectivity index (χ1v) is 8.21. The van der Waals surface area contributed by atoms with Crippen LogP contribution in [0.15, 0.2) is 53.4 Å². The van der Waals surface area contributed by atoms with Crippen LogP contribution in [-0.4, -0.2) is 14.0 Å². The predicted octanol–water partition coefficient (Wildman–Crippen LogP) is 3.80. The quantitative estimate of drug-likeness (QED) is 0.931. The molecule has 2 aromatic rings. The van der Waals surface area contributed by atoms with Crippen molar-refractivity contribution >= 4 is 15.7 Å². The van der Waals surface area contributed by atoms with Crippen LogP contribution in [0.4, 0.5) is 10.1 Å². The van der Waals surface area contributed by atoms with Crippen molar-refractivity contribution in [3.05, 3.63) is 54.3 Å². The van der Waals surface area contributed by atoms with Gasteiger partial charge in [0, 0.05) is 5.69 Å². The van der Waals surface area contributed by atoms with Gasteiger partial charge in [0.15, 0.2) is 0 Å². The van der Waals surface area contributed by atoms with Crippen LogP contribution in [0.25, 0.3) is 0 Å². The number of nitrogens with one attached hydrogen (secondary N) is 1. The lowest BCUT2D eigenvalue weighted by Gasteiger charge is -2.21. The van der Waals surface area contributed by atoms with Crippen molar-refractivity contribution in [1.82, 2.24) is 0 Å². The van der Waals surface area contributed by atoms with E-state index >= 15 is 0 Å². The standard InChI is InChI=1S/C16H18FNO3S/c1-16(2,3)21-14-8-6-13(7-9-14)18-22(19,20)15-10-4-12(17)5-11-15/h4-11,18H,1-3H3. The summed E-state index contributed by atoms with van der Waals surface area (Å²) in [6.45, 7) is 5.79. The summed E-state index contributed by atoms with van der Waals surface area (Å²) in [5.41, 5.74) is 0.0837. The van der Waals surface area contributed by atoms with Crippen LogP contribution in [0.3, 0.4) is 0 Å². The summed E-state index contributed by atoms with van der Waals surface area (Å²) in [5, 5.41) is 0. The van der Waals surface area contributed by atoms with Crippen LogP contribution >= 0.6 is 0 Å². The molecule has 0 fully saturated rings. The van der Waals surface area contributed by atoms with Crippen LogP contribution < -0.4 is 9.46 Å². The van der Waals surface area contributed by atoms with Gasteiger partial charge in [-0.3, -0.25) is 4.72 Å². The normalized spacial score (nSPS) is 12.0. The summed E-state index contributed by atoms with van der Waals surface area (Å²) in [7, 11) is -3.74. The second kappa shape index (κ2) is 5.96. The highest BCUT2D eigenvalue weighted by molar-refractivity contribution is 7.92. The predicted molar refractivity (Wildman–Crippen MR) is 84.0 cm³/mol. The molecule has 0 bridgehead atoms. The monoisotopic (exact) mass is 323 g/mol. The van der Waals surface area contributed by atoms with E-state index < -0.39 is 15.8 Å². The Bertz CT molecular complexity index is 732. The molecule has 0 atom stereocenters. The van der Waals surface area contributed by atoms with Crippen molar-refractivity contribution in [3.63, 3.8) is 0 Å². The third-order valence-corrected chi connectivity index (χ3v) is 4.05. The lowest BCUT2D eigenvalue weighted by Crippen LogP contribution is -2.22. The van der Waals surface area contributed by atoms with E-state index in [4.69, 9.17) is 4.74 Å².